The summed E-state index contributed by atoms with van der Waals surface area (Å²) < 4.78 is 0. The van der Waals surface area contributed by atoms with Gasteiger partial charge in [-0.1, -0.05) is 11.6 Å². The molecule has 0 saturated carbocycles. The quantitative estimate of drug-likeness (QED) is 0.604. The lowest BCUT2D eigenvalue weighted by Gasteiger charge is -2.02. The second-order valence-corrected chi connectivity index (χ2v) is 3.99. The van der Waals surface area contributed by atoms with E-state index in [1.807, 2.05) is 6.07 Å². The van der Waals surface area contributed by atoms with Crippen molar-refractivity contribution in [2.24, 2.45) is 0 Å². The van der Waals surface area contributed by atoms with Crippen LogP contribution < -0.4 is 5.43 Å². The van der Waals surface area contributed by atoms with E-state index >= 15 is 0 Å². The summed E-state index contributed by atoms with van der Waals surface area (Å²) in [6.45, 7) is 0. The van der Waals surface area contributed by atoms with E-state index in [4.69, 9.17) is 11.6 Å². The van der Waals surface area contributed by atoms with Gasteiger partial charge in [-0.2, -0.15) is 0 Å². The molecule has 3 rings (SSSR count). The van der Waals surface area contributed by atoms with Gasteiger partial charge in [-0.15, -0.1) is 0 Å². The topological polar surface area (TPSA) is 45.8 Å². The minimum Gasteiger partial charge on any atom is -0.360 e. The van der Waals surface area contributed by atoms with E-state index in [9.17, 15) is 4.79 Å². The lowest BCUT2D eigenvalue weighted by molar-refractivity contribution is 1.36. The molecule has 0 radical (unpaired) electrons. The van der Waals surface area contributed by atoms with Gasteiger partial charge in [0.15, 0.2) is 5.43 Å². The van der Waals surface area contributed by atoms with Crippen molar-refractivity contribution in [3.63, 3.8) is 0 Å². The third-order valence-corrected chi connectivity index (χ3v) is 2.79. The molecular formula is C12H7ClN2O. The molecule has 0 atom stereocenters. The maximum absolute atomic E-state index is 11.6. The number of halogens is 1. The number of nitrogens with zero attached hydrogens (tertiary/aromatic N) is 1. The van der Waals surface area contributed by atoms with E-state index in [1.165, 1.54) is 6.07 Å². The molecule has 0 aliphatic carbocycles. The van der Waals surface area contributed by atoms with Crippen LogP contribution in [-0.4, -0.2) is 9.97 Å². The zero-order chi connectivity index (χ0) is 11.1. The monoisotopic (exact) mass is 230 g/mol. The van der Waals surface area contributed by atoms with Gasteiger partial charge in [-0.05, 0) is 18.2 Å². The van der Waals surface area contributed by atoms with Crippen LogP contribution in [0.5, 0.6) is 0 Å². The highest BCUT2D eigenvalue weighted by Crippen LogP contribution is 2.22. The Balaban J connectivity index is 2.60. The Labute approximate surface area is 95.7 Å². The maximum atomic E-state index is 11.6. The number of pyridine rings is 2. The molecule has 3 aromatic rings. The first kappa shape index (κ1) is 9.36. The van der Waals surface area contributed by atoms with E-state index in [2.05, 4.69) is 9.97 Å². The lowest BCUT2D eigenvalue weighted by atomic mass is 10.1. The highest BCUT2D eigenvalue weighted by atomic mass is 35.5. The summed E-state index contributed by atoms with van der Waals surface area (Å²) in [5, 5.41) is 2.13. The fourth-order valence-corrected chi connectivity index (χ4v) is 1.97. The summed E-state index contributed by atoms with van der Waals surface area (Å²) in [7, 11) is 0. The Bertz CT molecular complexity index is 749. The molecule has 16 heavy (non-hydrogen) atoms. The van der Waals surface area contributed by atoms with Gasteiger partial charge < -0.3 is 4.98 Å². The summed E-state index contributed by atoms with van der Waals surface area (Å²) in [5.74, 6) is 0. The number of H-pyrrole nitrogens is 1. The molecule has 3 nitrogen and oxygen atoms in total. The first-order valence-corrected chi connectivity index (χ1v) is 5.19. The molecule has 0 amide bonds. The number of aromatic nitrogens is 2. The van der Waals surface area contributed by atoms with Crippen molar-refractivity contribution >= 4 is 33.4 Å². The summed E-state index contributed by atoms with van der Waals surface area (Å²) in [6, 6.07) is 6.92. The predicted octanol–water partition coefficient (Wildman–Crippen LogP) is 2.73. The van der Waals surface area contributed by atoms with Crippen LogP contribution in [0.4, 0.5) is 0 Å². The van der Waals surface area contributed by atoms with Crippen molar-refractivity contribution in [2.75, 3.05) is 0 Å². The van der Waals surface area contributed by atoms with Gasteiger partial charge in [0.1, 0.15) is 0 Å². The van der Waals surface area contributed by atoms with Crippen molar-refractivity contribution in [2.45, 2.75) is 0 Å². The van der Waals surface area contributed by atoms with E-state index in [0.29, 0.717) is 10.4 Å². The minimum absolute atomic E-state index is 0.0295. The second-order valence-electron chi connectivity index (χ2n) is 3.55. The molecule has 0 bridgehead atoms. The van der Waals surface area contributed by atoms with Crippen LogP contribution in [0.15, 0.2) is 41.5 Å². The van der Waals surface area contributed by atoms with Crippen LogP contribution in [0.1, 0.15) is 0 Å². The average molecular weight is 231 g/mol. The van der Waals surface area contributed by atoms with Crippen LogP contribution >= 0.6 is 11.6 Å². The summed E-state index contributed by atoms with van der Waals surface area (Å²) >= 11 is 5.89. The van der Waals surface area contributed by atoms with Gasteiger partial charge in [0, 0.05) is 28.9 Å². The first-order valence-electron chi connectivity index (χ1n) is 4.81. The molecule has 1 aromatic carbocycles. The van der Waals surface area contributed by atoms with E-state index < -0.39 is 0 Å². The molecule has 2 heterocycles. The Hall–Kier alpha value is -1.87. The van der Waals surface area contributed by atoms with Crippen molar-refractivity contribution in [3.8, 4) is 0 Å². The van der Waals surface area contributed by atoms with E-state index in [-0.39, 0.29) is 5.43 Å². The van der Waals surface area contributed by atoms with Gasteiger partial charge in [-0.25, -0.2) is 0 Å². The molecule has 1 N–H and O–H groups in total. The standard InChI is InChI=1S/C12H7ClN2O/c13-7-1-2-8-10(5-7)15-6-9-11(16)3-4-14-12(8)9/h1-6H,(H,14,16). The molecule has 0 fully saturated rings. The fourth-order valence-electron chi connectivity index (χ4n) is 1.80. The number of rotatable bonds is 0. The van der Waals surface area contributed by atoms with Crippen LogP contribution in [0.25, 0.3) is 21.8 Å². The smallest absolute Gasteiger partial charge is 0.190 e. The van der Waals surface area contributed by atoms with Crippen molar-refractivity contribution in [1.29, 1.82) is 0 Å². The van der Waals surface area contributed by atoms with Gasteiger partial charge in [0.05, 0.1) is 16.4 Å². The van der Waals surface area contributed by atoms with E-state index in [0.717, 1.165) is 16.4 Å². The average Bonchev–Trinajstić information content (AvgIpc) is 2.28. The predicted molar refractivity (Wildman–Crippen MR) is 64.9 cm³/mol. The number of benzene rings is 1. The maximum Gasteiger partial charge on any atom is 0.190 e. The number of hydrogen-bond donors (Lipinski definition) is 1. The van der Waals surface area contributed by atoms with Crippen LogP contribution in [-0.2, 0) is 0 Å². The molecule has 0 saturated heterocycles. The number of fused-ring (bicyclic) bond motifs is 3. The van der Waals surface area contributed by atoms with Gasteiger partial charge in [0.25, 0.3) is 0 Å². The molecule has 4 heteroatoms. The lowest BCUT2D eigenvalue weighted by Crippen LogP contribution is -2.00. The normalized spacial score (nSPS) is 11.1. The highest BCUT2D eigenvalue weighted by Gasteiger charge is 2.04. The van der Waals surface area contributed by atoms with Crippen molar-refractivity contribution in [1.82, 2.24) is 9.97 Å². The van der Waals surface area contributed by atoms with Gasteiger partial charge in [0.2, 0.25) is 0 Å². The van der Waals surface area contributed by atoms with Gasteiger partial charge >= 0.3 is 0 Å². The molecule has 2 aromatic heterocycles. The zero-order valence-electron chi connectivity index (χ0n) is 8.20. The fraction of sp³-hybridized carbons (Fsp3) is 0. The largest absolute Gasteiger partial charge is 0.360 e. The molecule has 0 aliphatic heterocycles. The summed E-state index contributed by atoms with van der Waals surface area (Å²) in [4.78, 5) is 18.9. The first-order chi connectivity index (χ1) is 7.75. The second kappa shape index (κ2) is 3.32. The molecule has 78 valence electrons. The van der Waals surface area contributed by atoms with Crippen LogP contribution in [0.2, 0.25) is 5.02 Å². The molecule has 0 unspecified atom stereocenters. The van der Waals surface area contributed by atoms with Gasteiger partial charge in [-0.3, -0.25) is 9.78 Å². The number of nitrogens with one attached hydrogen (secondary N) is 1. The summed E-state index contributed by atoms with van der Waals surface area (Å²) in [6.07, 6.45) is 3.21. The third-order valence-electron chi connectivity index (χ3n) is 2.56. The minimum atomic E-state index is -0.0295. The SMILES string of the molecule is O=c1cc[nH]c2c1cnc1cc(Cl)ccc12. The third kappa shape index (κ3) is 1.29. The number of hydrogen-bond acceptors (Lipinski definition) is 2. The highest BCUT2D eigenvalue weighted by molar-refractivity contribution is 6.31. The van der Waals surface area contributed by atoms with Crippen LogP contribution in [0, 0.1) is 0 Å². The Morgan fingerprint density at radius 2 is 2.06 bits per heavy atom. The summed E-state index contributed by atoms with van der Waals surface area (Å²) in [5.41, 5.74) is 1.55. The van der Waals surface area contributed by atoms with Crippen molar-refractivity contribution < 1.29 is 0 Å². The van der Waals surface area contributed by atoms with Crippen molar-refractivity contribution in [3.05, 3.63) is 51.9 Å². The number of aromatic amines is 1. The Morgan fingerprint density at radius 3 is 2.94 bits per heavy atom. The molecule has 0 aliphatic rings. The Kier molecular flexibility index (Phi) is 1.94. The van der Waals surface area contributed by atoms with Crippen LogP contribution in [0.3, 0.4) is 0 Å². The zero-order valence-corrected chi connectivity index (χ0v) is 8.95. The van der Waals surface area contributed by atoms with E-state index in [1.54, 1.807) is 24.5 Å². The molecular weight excluding hydrogens is 224 g/mol. The molecule has 0 spiro atoms. The Morgan fingerprint density at radius 1 is 1.19 bits per heavy atom.